The number of likely N-dealkylation sites (tertiary alicyclic amines) is 1. The molecule has 0 aliphatic carbocycles. The molecule has 2 atom stereocenters. The lowest BCUT2D eigenvalue weighted by Gasteiger charge is -2.32. The van der Waals surface area contributed by atoms with E-state index in [9.17, 15) is 5.11 Å². The first-order chi connectivity index (χ1) is 11.3. The van der Waals surface area contributed by atoms with Crippen molar-refractivity contribution in [1.29, 1.82) is 0 Å². The molecule has 1 aromatic carbocycles. The normalized spacial score (nSPS) is 20.8. The maximum absolute atomic E-state index is 10.4. The number of aromatic amines is 1. The Morgan fingerprint density at radius 1 is 1.30 bits per heavy atom. The van der Waals surface area contributed by atoms with E-state index in [4.69, 9.17) is 4.98 Å². The van der Waals surface area contributed by atoms with Crippen LogP contribution in [0, 0.1) is 0 Å². The third kappa shape index (κ3) is 3.17. The highest BCUT2D eigenvalue weighted by molar-refractivity contribution is 7.10. The third-order valence-corrected chi connectivity index (χ3v) is 5.58. The fraction of sp³-hybridized carbons (Fsp3) is 0.389. The average molecular weight is 327 g/mol. The molecule has 3 heterocycles. The molecule has 2 aromatic heterocycles. The molecule has 0 saturated carbocycles. The van der Waals surface area contributed by atoms with E-state index < -0.39 is 0 Å². The number of β-amino-alcohol motifs (C(OH)–C–C–N with tert-alkyl or cyclic N) is 1. The Labute approximate surface area is 139 Å². The number of piperidine rings is 1. The molecular weight excluding hydrogens is 306 g/mol. The van der Waals surface area contributed by atoms with Crippen molar-refractivity contribution in [3.63, 3.8) is 0 Å². The van der Waals surface area contributed by atoms with Crippen LogP contribution < -0.4 is 0 Å². The summed E-state index contributed by atoms with van der Waals surface area (Å²) in [4.78, 5) is 11.6. The van der Waals surface area contributed by atoms with Crippen LogP contribution in [0.15, 0.2) is 41.8 Å². The Morgan fingerprint density at radius 2 is 2.22 bits per heavy atom. The second kappa shape index (κ2) is 6.43. The minimum absolute atomic E-state index is 0.385. The van der Waals surface area contributed by atoms with E-state index in [1.807, 2.05) is 29.6 Å². The Balaban J connectivity index is 1.46. The summed E-state index contributed by atoms with van der Waals surface area (Å²) in [6, 6.07) is 12.2. The smallest absolute Gasteiger partial charge is 0.111 e. The van der Waals surface area contributed by atoms with Crippen LogP contribution >= 0.6 is 11.3 Å². The number of fused-ring (bicyclic) bond motifs is 1. The lowest BCUT2D eigenvalue weighted by atomic mass is 9.97. The van der Waals surface area contributed by atoms with Crippen LogP contribution in [0.2, 0.25) is 0 Å². The summed E-state index contributed by atoms with van der Waals surface area (Å²) in [5.74, 6) is 1.51. The van der Waals surface area contributed by atoms with Gasteiger partial charge in [-0.2, -0.15) is 0 Å². The number of thiophene rings is 1. The van der Waals surface area contributed by atoms with E-state index in [0.29, 0.717) is 12.5 Å². The summed E-state index contributed by atoms with van der Waals surface area (Å²) in [6.07, 6.45) is 1.93. The van der Waals surface area contributed by atoms with Crippen molar-refractivity contribution in [3.8, 4) is 0 Å². The van der Waals surface area contributed by atoms with Gasteiger partial charge in [-0.15, -0.1) is 11.3 Å². The van der Waals surface area contributed by atoms with Gasteiger partial charge in [-0.05, 0) is 43.0 Å². The van der Waals surface area contributed by atoms with E-state index in [1.54, 1.807) is 11.3 Å². The first kappa shape index (κ1) is 14.9. The molecule has 2 N–H and O–H groups in total. The van der Waals surface area contributed by atoms with Gasteiger partial charge in [-0.25, -0.2) is 4.98 Å². The topological polar surface area (TPSA) is 52.1 Å². The molecular formula is C18H21N3OS. The predicted molar refractivity (Wildman–Crippen MR) is 93.8 cm³/mol. The molecule has 0 radical (unpaired) electrons. The molecule has 1 aliphatic rings. The summed E-state index contributed by atoms with van der Waals surface area (Å²) in [5, 5.41) is 12.4. The van der Waals surface area contributed by atoms with Crippen LogP contribution in [0.1, 0.15) is 35.6 Å². The molecule has 4 nitrogen and oxygen atoms in total. The number of nitrogens with zero attached hydrogens (tertiary/aromatic N) is 2. The molecule has 0 amide bonds. The number of hydrogen-bond donors (Lipinski definition) is 2. The lowest BCUT2D eigenvalue weighted by molar-refractivity contribution is 0.0969. The van der Waals surface area contributed by atoms with Crippen molar-refractivity contribution in [2.45, 2.75) is 24.9 Å². The maximum atomic E-state index is 10.4. The number of aromatic nitrogens is 2. The van der Waals surface area contributed by atoms with Gasteiger partial charge in [0.25, 0.3) is 0 Å². The van der Waals surface area contributed by atoms with Crippen LogP contribution in [0.25, 0.3) is 11.0 Å². The molecule has 0 bridgehead atoms. The predicted octanol–water partition coefficient (Wildman–Crippen LogP) is 3.54. The van der Waals surface area contributed by atoms with Crippen LogP contribution in [-0.2, 0) is 0 Å². The minimum Gasteiger partial charge on any atom is -0.386 e. The number of benzene rings is 1. The quantitative estimate of drug-likeness (QED) is 0.771. The third-order valence-electron chi connectivity index (χ3n) is 4.60. The van der Waals surface area contributed by atoms with Crippen molar-refractivity contribution in [1.82, 2.24) is 14.9 Å². The van der Waals surface area contributed by atoms with Crippen molar-refractivity contribution >= 4 is 22.4 Å². The SMILES string of the molecule is O[C@H](CN1CCC[C@@H](c2nc3ccccc3[nH]2)C1)c1cccs1. The van der Waals surface area contributed by atoms with E-state index in [2.05, 4.69) is 22.0 Å². The zero-order valence-corrected chi connectivity index (χ0v) is 13.8. The number of nitrogens with one attached hydrogen (secondary N) is 1. The zero-order chi connectivity index (χ0) is 15.6. The summed E-state index contributed by atoms with van der Waals surface area (Å²) in [7, 11) is 0. The van der Waals surface area contributed by atoms with Gasteiger partial charge in [0.1, 0.15) is 11.9 Å². The van der Waals surface area contributed by atoms with Gasteiger partial charge in [0.05, 0.1) is 11.0 Å². The zero-order valence-electron chi connectivity index (χ0n) is 13.0. The number of aliphatic hydroxyl groups is 1. The number of H-pyrrole nitrogens is 1. The monoisotopic (exact) mass is 327 g/mol. The van der Waals surface area contributed by atoms with Crippen LogP contribution in [0.3, 0.4) is 0 Å². The van der Waals surface area contributed by atoms with Crippen LogP contribution in [-0.4, -0.2) is 39.6 Å². The number of imidazole rings is 1. The van der Waals surface area contributed by atoms with E-state index in [0.717, 1.165) is 47.7 Å². The summed E-state index contributed by atoms with van der Waals surface area (Å²) < 4.78 is 0. The van der Waals surface area contributed by atoms with Gasteiger partial charge in [-0.3, -0.25) is 4.90 Å². The number of aliphatic hydroxyl groups excluding tert-OH is 1. The molecule has 5 heteroatoms. The Kier molecular flexibility index (Phi) is 4.16. The Hall–Kier alpha value is -1.69. The number of para-hydroxylation sites is 2. The van der Waals surface area contributed by atoms with Crippen LogP contribution in [0.4, 0.5) is 0 Å². The molecule has 4 rings (SSSR count). The van der Waals surface area contributed by atoms with Gasteiger partial charge in [0.15, 0.2) is 0 Å². The second-order valence-electron chi connectivity index (χ2n) is 6.27. The Bertz CT molecular complexity index is 735. The molecule has 0 unspecified atom stereocenters. The molecule has 0 spiro atoms. The highest BCUT2D eigenvalue weighted by Gasteiger charge is 2.25. The van der Waals surface area contributed by atoms with Crippen LogP contribution in [0.5, 0.6) is 0 Å². The van der Waals surface area contributed by atoms with Gasteiger partial charge in [0.2, 0.25) is 0 Å². The highest BCUT2D eigenvalue weighted by atomic mass is 32.1. The standard InChI is InChI=1S/C18H21N3OS/c22-16(17-8-4-10-23-17)12-21-9-3-5-13(11-21)18-19-14-6-1-2-7-15(14)20-18/h1-2,4,6-8,10,13,16,22H,3,5,9,11-12H2,(H,19,20)/t13-,16-/m1/s1. The number of hydrogen-bond acceptors (Lipinski definition) is 4. The summed E-state index contributed by atoms with van der Waals surface area (Å²) >= 11 is 1.62. The number of rotatable bonds is 4. The van der Waals surface area contributed by atoms with Crippen molar-refractivity contribution in [2.75, 3.05) is 19.6 Å². The largest absolute Gasteiger partial charge is 0.386 e. The fourth-order valence-electron chi connectivity index (χ4n) is 3.43. The summed E-state index contributed by atoms with van der Waals surface area (Å²) in [6.45, 7) is 2.72. The molecule has 3 aromatic rings. The Morgan fingerprint density at radius 3 is 3.04 bits per heavy atom. The van der Waals surface area contributed by atoms with E-state index in [1.165, 1.54) is 0 Å². The van der Waals surface area contributed by atoms with Crippen molar-refractivity contribution in [2.24, 2.45) is 0 Å². The molecule has 1 aliphatic heterocycles. The van der Waals surface area contributed by atoms with Crippen molar-refractivity contribution < 1.29 is 5.11 Å². The lowest BCUT2D eigenvalue weighted by Crippen LogP contribution is -2.37. The minimum atomic E-state index is -0.385. The maximum Gasteiger partial charge on any atom is 0.111 e. The average Bonchev–Trinajstić information content (AvgIpc) is 3.24. The van der Waals surface area contributed by atoms with E-state index in [-0.39, 0.29) is 6.10 Å². The summed E-state index contributed by atoms with van der Waals surface area (Å²) in [5.41, 5.74) is 2.15. The first-order valence-corrected chi connectivity index (χ1v) is 9.06. The highest BCUT2D eigenvalue weighted by Crippen LogP contribution is 2.28. The first-order valence-electron chi connectivity index (χ1n) is 8.18. The molecule has 23 heavy (non-hydrogen) atoms. The molecule has 1 fully saturated rings. The van der Waals surface area contributed by atoms with Gasteiger partial charge in [-0.1, -0.05) is 18.2 Å². The molecule has 1 saturated heterocycles. The molecule has 120 valence electrons. The van der Waals surface area contributed by atoms with Gasteiger partial charge in [0, 0.05) is 23.9 Å². The van der Waals surface area contributed by atoms with Gasteiger partial charge < -0.3 is 10.1 Å². The second-order valence-corrected chi connectivity index (χ2v) is 7.25. The van der Waals surface area contributed by atoms with E-state index >= 15 is 0 Å². The van der Waals surface area contributed by atoms with Gasteiger partial charge >= 0.3 is 0 Å². The fourth-order valence-corrected chi connectivity index (χ4v) is 4.13. The van der Waals surface area contributed by atoms with Crippen molar-refractivity contribution in [3.05, 3.63) is 52.5 Å².